The van der Waals surface area contributed by atoms with Crippen LogP contribution in [0.25, 0.3) is 0 Å². The van der Waals surface area contributed by atoms with Gasteiger partial charge in [-0.2, -0.15) is 10.3 Å². The molecule has 1 aromatic rings. The van der Waals surface area contributed by atoms with E-state index in [1.807, 2.05) is 0 Å². The van der Waals surface area contributed by atoms with Gasteiger partial charge in [0.05, 0.1) is 6.26 Å². The highest BCUT2D eigenvalue weighted by Crippen LogP contribution is 1.97. The lowest BCUT2D eigenvalue weighted by atomic mass is 10.4. The minimum atomic E-state index is 0.104. The fourth-order valence-electron chi connectivity index (χ4n) is 0.533. The number of rotatable bonds is 1. The molecule has 10 heavy (non-hydrogen) atoms. The van der Waals surface area contributed by atoms with E-state index in [4.69, 9.17) is 15.4 Å². The highest BCUT2D eigenvalue weighted by atomic mass is 16.3. The van der Waals surface area contributed by atoms with Crippen molar-refractivity contribution >= 4 is 5.84 Å². The Morgan fingerprint density at radius 2 is 2.60 bits per heavy atom. The van der Waals surface area contributed by atoms with Crippen LogP contribution in [0.3, 0.4) is 0 Å². The van der Waals surface area contributed by atoms with Crippen molar-refractivity contribution in [3.8, 4) is 6.19 Å². The Kier molecular flexibility index (Phi) is 1.71. The van der Waals surface area contributed by atoms with Gasteiger partial charge in [-0.25, -0.2) is 0 Å². The van der Waals surface area contributed by atoms with Crippen molar-refractivity contribution in [2.75, 3.05) is 0 Å². The van der Waals surface area contributed by atoms with Crippen molar-refractivity contribution in [2.45, 2.75) is 0 Å². The summed E-state index contributed by atoms with van der Waals surface area (Å²) in [7, 11) is 0. The molecule has 0 saturated heterocycles. The average Bonchev–Trinajstić information content (AvgIpc) is 2.38. The molecule has 0 radical (unpaired) electrons. The third-order valence-electron chi connectivity index (χ3n) is 0.944. The Labute approximate surface area is 57.6 Å². The molecular formula is C6H5N3O. The van der Waals surface area contributed by atoms with E-state index in [1.165, 1.54) is 6.26 Å². The maximum atomic E-state index is 8.08. The first-order valence-corrected chi connectivity index (χ1v) is 2.60. The van der Waals surface area contributed by atoms with Crippen LogP contribution in [0.15, 0.2) is 27.8 Å². The van der Waals surface area contributed by atoms with Crippen molar-refractivity contribution in [2.24, 2.45) is 10.7 Å². The van der Waals surface area contributed by atoms with Gasteiger partial charge in [-0.05, 0) is 12.1 Å². The summed E-state index contributed by atoms with van der Waals surface area (Å²) in [5, 5.41) is 8.08. The van der Waals surface area contributed by atoms with Gasteiger partial charge in [-0.1, -0.05) is 0 Å². The van der Waals surface area contributed by atoms with Gasteiger partial charge < -0.3 is 10.2 Å². The summed E-state index contributed by atoms with van der Waals surface area (Å²) < 4.78 is 4.84. The van der Waals surface area contributed by atoms with Crippen LogP contribution in [-0.2, 0) is 0 Å². The monoisotopic (exact) mass is 135 g/mol. The third kappa shape index (κ3) is 1.14. The van der Waals surface area contributed by atoms with Crippen LogP contribution >= 0.6 is 0 Å². The second-order valence-corrected chi connectivity index (χ2v) is 1.57. The van der Waals surface area contributed by atoms with E-state index in [0.29, 0.717) is 5.76 Å². The number of nitrogens with two attached hydrogens (primary N) is 1. The third-order valence-corrected chi connectivity index (χ3v) is 0.944. The highest BCUT2D eigenvalue weighted by molar-refractivity contribution is 5.95. The van der Waals surface area contributed by atoms with Crippen molar-refractivity contribution < 1.29 is 4.42 Å². The maximum Gasteiger partial charge on any atom is 0.207 e. The van der Waals surface area contributed by atoms with E-state index in [9.17, 15) is 0 Å². The molecule has 1 rings (SSSR count). The molecule has 0 aromatic carbocycles. The molecule has 1 aromatic heterocycles. The largest absolute Gasteiger partial charge is 0.461 e. The number of furan rings is 1. The van der Waals surface area contributed by atoms with E-state index in [0.717, 1.165) is 0 Å². The predicted molar refractivity (Wildman–Crippen MR) is 35.0 cm³/mol. The Balaban J connectivity index is 2.90. The lowest BCUT2D eigenvalue weighted by molar-refractivity contribution is 0.557. The van der Waals surface area contributed by atoms with Crippen LogP contribution in [0.5, 0.6) is 0 Å². The van der Waals surface area contributed by atoms with Gasteiger partial charge in [0.2, 0.25) is 6.19 Å². The molecular weight excluding hydrogens is 130 g/mol. The molecule has 0 fully saturated rings. The molecule has 0 aliphatic rings. The van der Waals surface area contributed by atoms with Crippen molar-refractivity contribution in [1.82, 2.24) is 0 Å². The normalized spacial score (nSPS) is 10.9. The number of hydrogen-bond acceptors (Lipinski definition) is 3. The predicted octanol–water partition coefficient (Wildman–Crippen LogP) is 0.466. The van der Waals surface area contributed by atoms with Gasteiger partial charge in [0.25, 0.3) is 0 Å². The molecule has 0 amide bonds. The maximum absolute atomic E-state index is 8.08. The molecule has 0 aliphatic heterocycles. The van der Waals surface area contributed by atoms with Crippen molar-refractivity contribution in [1.29, 1.82) is 5.26 Å². The first-order chi connectivity index (χ1) is 4.84. The van der Waals surface area contributed by atoms with Gasteiger partial charge >= 0.3 is 0 Å². The van der Waals surface area contributed by atoms with Crippen LogP contribution in [-0.4, -0.2) is 5.84 Å². The van der Waals surface area contributed by atoms with Crippen molar-refractivity contribution in [3.05, 3.63) is 24.2 Å². The zero-order valence-corrected chi connectivity index (χ0v) is 5.11. The van der Waals surface area contributed by atoms with E-state index in [2.05, 4.69) is 4.99 Å². The molecule has 0 unspecified atom stereocenters. The van der Waals surface area contributed by atoms with Crippen LogP contribution in [0.4, 0.5) is 0 Å². The summed E-state index contributed by atoms with van der Waals surface area (Å²) in [5.74, 6) is 0.522. The molecule has 0 bridgehead atoms. The number of nitrogens with zero attached hydrogens (tertiary/aromatic N) is 2. The molecule has 50 valence electrons. The Bertz CT molecular complexity index is 268. The Hall–Kier alpha value is -1.76. The molecule has 2 N–H and O–H groups in total. The van der Waals surface area contributed by atoms with Crippen molar-refractivity contribution in [3.63, 3.8) is 0 Å². The van der Waals surface area contributed by atoms with E-state index >= 15 is 0 Å². The zero-order chi connectivity index (χ0) is 7.40. The summed E-state index contributed by atoms with van der Waals surface area (Å²) in [5.41, 5.74) is 5.28. The molecule has 4 nitrogen and oxygen atoms in total. The van der Waals surface area contributed by atoms with Crippen LogP contribution in [0, 0.1) is 11.5 Å². The fourth-order valence-corrected chi connectivity index (χ4v) is 0.533. The van der Waals surface area contributed by atoms with Gasteiger partial charge in [-0.3, -0.25) is 0 Å². The van der Waals surface area contributed by atoms with Gasteiger partial charge in [0.1, 0.15) is 0 Å². The number of nitriles is 1. The van der Waals surface area contributed by atoms with E-state index in [-0.39, 0.29) is 5.84 Å². The minimum absolute atomic E-state index is 0.104. The number of amidine groups is 1. The summed E-state index contributed by atoms with van der Waals surface area (Å²) in [6, 6.07) is 3.31. The molecule has 4 heteroatoms. The van der Waals surface area contributed by atoms with E-state index in [1.54, 1.807) is 18.3 Å². The Morgan fingerprint density at radius 3 is 3.10 bits per heavy atom. The molecule has 0 atom stereocenters. The summed E-state index contributed by atoms with van der Waals surface area (Å²) in [4.78, 5) is 3.27. The van der Waals surface area contributed by atoms with Gasteiger partial charge in [0.15, 0.2) is 11.6 Å². The molecule has 0 aliphatic carbocycles. The topological polar surface area (TPSA) is 75.3 Å². The average molecular weight is 135 g/mol. The second kappa shape index (κ2) is 2.69. The molecule has 0 saturated carbocycles. The lowest BCUT2D eigenvalue weighted by Crippen LogP contribution is -2.11. The minimum Gasteiger partial charge on any atom is -0.461 e. The zero-order valence-electron chi connectivity index (χ0n) is 5.11. The number of hydrogen-bond donors (Lipinski definition) is 1. The smallest absolute Gasteiger partial charge is 0.207 e. The fraction of sp³-hybridized carbons (Fsp3) is 0. The van der Waals surface area contributed by atoms with Crippen LogP contribution < -0.4 is 5.73 Å². The van der Waals surface area contributed by atoms with Crippen LogP contribution in [0.2, 0.25) is 0 Å². The molecule has 0 spiro atoms. The quantitative estimate of drug-likeness (QED) is 0.345. The summed E-state index contributed by atoms with van der Waals surface area (Å²) in [6.07, 6.45) is 3.03. The molecule has 1 heterocycles. The van der Waals surface area contributed by atoms with Crippen LogP contribution in [0.1, 0.15) is 5.76 Å². The van der Waals surface area contributed by atoms with Gasteiger partial charge in [0, 0.05) is 0 Å². The first kappa shape index (κ1) is 6.36. The van der Waals surface area contributed by atoms with E-state index < -0.39 is 0 Å². The standard InChI is InChI=1S/C6H5N3O/c7-4-9-6(8)5-2-1-3-10-5/h1-3H,(H2,8,9). The summed E-state index contributed by atoms with van der Waals surface area (Å²) >= 11 is 0. The first-order valence-electron chi connectivity index (χ1n) is 2.60. The summed E-state index contributed by atoms with van der Waals surface area (Å²) in [6.45, 7) is 0. The number of aliphatic imine (C=N–C) groups is 1. The van der Waals surface area contributed by atoms with Gasteiger partial charge in [-0.15, -0.1) is 0 Å². The second-order valence-electron chi connectivity index (χ2n) is 1.57. The lowest BCUT2D eigenvalue weighted by Gasteiger charge is -1.87. The Morgan fingerprint density at radius 1 is 1.80 bits per heavy atom. The SMILES string of the molecule is N#CN=C(N)c1ccco1. The highest BCUT2D eigenvalue weighted by Gasteiger charge is 1.98.